The van der Waals surface area contributed by atoms with Gasteiger partial charge in [-0.25, -0.2) is 0 Å². The Morgan fingerprint density at radius 1 is 0.639 bits per heavy atom. The molecule has 0 spiro atoms. The zero-order chi connectivity index (χ0) is 26.6. The van der Waals surface area contributed by atoms with E-state index in [4.69, 9.17) is 8.37 Å². The van der Waals surface area contributed by atoms with Gasteiger partial charge in [-0.2, -0.15) is 16.8 Å². The topological polar surface area (TPSA) is 86.7 Å². The largest absolute Gasteiger partial charge is 0.296 e. The molecule has 0 aliphatic carbocycles. The lowest BCUT2D eigenvalue weighted by Crippen LogP contribution is -2.33. The van der Waals surface area contributed by atoms with Crippen molar-refractivity contribution >= 4 is 20.2 Å². The number of aryl methyl sites for hydroxylation is 2. The van der Waals surface area contributed by atoms with Crippen molar-refractivity contribution in [2.75, 3.05) is 13.2 Å². The molecule has 0 fully saturated rings. The van der Waals surface area contributed by atoms with Crippen LogP contribution in [0.4, 0.5) is 0 Å². The van der Waals surface area contributed by atoms with E-state index in [0.29, 0.717) is 0 Å². The van der Waals surface area contributed by atoms with Crippen molar-refractivity contribution in [2.45, 2.75) is 50.3 Å². The lowest BCUT2D eigenvalue weighted by Gasteiger charge is -2.37. The first-order valence-electron chi connectivity index (χ1n) is 11.8. The smallest absolute Gasteiger partial charge is 0.266 e. The molecular weight excluding hydrogens is 496 g/mol. The molecule has 6 nitrogen and oxygen atoms in total. The van der Waals surface area contributed by atoms with Crippen LogP contribution in [0.5, 0.6) is 0 Å². The molecule has 1 atom stereocenters. The standard InChI is InChI=1S/C28H34O6S2/c1-21-11-15-25(16-12-21)35(29,30)33-19-24(27(28(3,4)5)23-9-7-6-8-10-23)20-34-36(31,32)26-17-13-22(2)14-18-26/h6-18,24,27H,19-20H2,1-5H3. The van der Waals surface area contributed by atoms with Crippen LogP contribution in [0.25, 0.3) is 0 Å². The Morgan fingerprint density at radius 3 is 1.39 bits per heavy atom. The Kier molecular flexibility index (Phi) is 8.77. The SMILES string of the molecule is Cc1ccc(S(=O)(=O)OCC(COS(=O)(=O)c2ccc(C)cc2)C(c2ccccc2)C(C)(C)C)cc1. The average Bonchev–Trinajstić information content (AvgIpc) is 2.81. The summed E-state index contributed by atoms with van der Waals surface area (Å²) in [6.07, 6.45) is 0. The van der Waals surface area contributed by atoms with Gasteiger partial charge in [0.1, 0.15) is 0 Å². The van der Waals surface area contributed by atoms with Crippen molar-refractivity contribution in [1.82, 2.24) is 0 Å². The monoisotopic (exact) mass is 530 g/mol. The Bertz CT molecular complexity index is 1260. The van der Waals surface area contributed by atoms with Crippen LogP contribution in [0.2, 0.25) is 0 Å². The zero-order valence-corrected chi connectivity index (χ0v) is 23.0. The lowest BCUT2D eigenvalue weighted by atomic mass is 9.70. The summed E-state index contributed by atoms with van der Waals surface area (Å²) in [6, 6.07) is 22.4. The van der Waals surface area contributed by atoms with E-state index in [-0.39, 0.29) is 34.3 Å². The first kappa shape index (κ1) is 28.1. The summed E-state index contributed by atoms with van der Waals surface area (Å²) in [6.45, 7) is 9.34. The van der Waals surface area contributed by atoms with Gasteiger partial charge in [-0.05, 0) is 55.0 Å². The second kappa shape index (κ2) is 11.3. The summed E-state index contributed by atoms with van der Waals surface area (Å²) in [5, 5.41) is 0. The minimum Gasteiger partial charge on any atom is -0.266 e. The zero-order valence-electron chi connectivity index (χ0n) is 21.3. The van der Waals surface area contributed by atoms with Crippen LogP contribution in [0.15, 0.2) is 88.7 Å². The molecule has 0 aliphatic rings. The summed E-state index contributed by atoms with van der Waals surface area (Å²) in [5.74, 6) is -0.826. The molecule has 0 bridgehead atoms. The van der Waals surface area contributed by atoms with Crippen molar-refractivity contribution < 1.29 is 25.2 Å². The van der Waals surface area contributed by atoms with E-state index in [1.54, 1.807) is 24.3 Å². The van der Waals surface area contributed by atoms with Crippen LogP contribution in [0.3, 0.4) is 0 Å². The van der Waals surface area contributed by atoms with Crippen molar-refractivity contribution in [1.29, 1.82) is 0 Å². The number of benzene rings is 3. The van der Waals surface area contributed by atoms with Crippen LogP contribution >= 0.6 is 0 Å². The van der Waals surface area contributed by atoms with E-state index in [0.717, 1.165) is 16.7 Å². The minimum atomic E-state index is -4.05. The van der Waals surface area contributed by atoms with Crippen LogP contribution in [0, 0.1) is 25.2 Å². The Hall–Kier alpha value is -2.52. The highest BCUT2D eigenvalue weighted by atomic mass is 32.2. The summed E-state index contributed by atoms with van der Waals surface area (Å²) >= 11 is 0. The maximum atomic E-state index is 12.9. The highest BCUT2D eigenvalue weighted by molar-refractivity contribution is 7.87. The molecule has 1 unspecified atom stereocenters. The van der Waals surface area contributed by atoms with E-state index < -0.39 is 26.2 Å². The van der Waals surface area contributed by atoms with E-state index in [9.17, 15) is 16.8 Å². The molecule has 36 heavy (non-hydrogen) atoms. The fraction of sp³-hybridized carbons (Fsp3) is 0.357. The first-order valence-corrected chi connectivity index (χ1v) is 14.6. The van der Waals surface area contributed by atoms with Crippen molar-refractivity contribution in [3.8, 4) is 0 Å². The molecule has 194 valence electrons. The third-order valence-electron chi connectivity index (χ3n) is 6.06. The second-order valence-corrected chi connectivity index (χ2v) is 13.3. The molecule has 0 saturated carbocycles. The Balaban J connectivity index is 1.92. The maximum absolute atomic E-state index is 12.9. The molecule has 3 rings (SSSR count). The summed E-state index contributed by atoms with van der Waals surface area (Å²) < 4.78 is 62.7. The third kappa shape index (κ3) is 7.26. The Labute approximate surface area is 215 Å². The fourth-order valence-electron chi connectivity index (χ4n) is 4.28. The van der Waals surface area contributed by atoms with Crippen LogP contribution in [-0.2, 0) is 28.6 Å². The average molecular weight is 531 g/mol. The number of hydrogen-bond donors (Lipinski definition) is 0. The highest BCUT2D eigenvalue weighted by Gasteiger charge is 2.36. The van der Waals surface area contributed by atoms with Crippen molar-refractivity contribution in [3.63, 3.8) is 0 Å². The molecule has 3 aromatic rings. The van der Waals surface area contributed by atoms with Gasteiger partial charge in [0.25, 0.3) is 20.2 Å². The van der Waals surface area contributed by atoms with Crippen molar-refractivity contribution in [2.24, 2.45) is 11.3 Å². The van der Waals surface area contributed by atoms with Gasteiger partial charge >= 0.3 is 0 Å². The molecule has 0 saturated heterocycles. The highest BCUT2D eigenvalue weighted by Crippen LogP contribution is 2.41. The van der Waals surface area contributed by atoms with Gasteiger partial charge in [-0.15, -0.1) is 0 Å². The van der Waals surface area contributed by atoms with Gasteiger partial charge in [0, 0.05) is 5.92 Å². The van der Waals surface area contributed by atoms with Crippen LogP contribution < -0.4 is 0 Å². The third-order valence-corrected chi connectivity index (χ3v) is 8.65. The molecule has 0 aliphatic heterocycles. The molecule has 3 aromatic carbocycles. The van der Waals surface area contributed by atoms with E-state index in [1.807, 2.05) is 65.0 Å². The van der Waals surface area contributed by atoms with Crippen molar-refractivity contribution in [3.05, 3.63) is 95.6 Å². The quantitative estimate of drug-likeness (QED) is 0.305. The number of hydrogen-bond acceptors (Lipinski definition) is 6. The van der Waals surface area contributed by atoms with Gasteiger partial charge in [0.15, 0.2) is 0 Å². The second-order valence-electron chi connectivity index (χ2n) is 10.1. The van der Waals surface area contributed by atoms with Crippen LogP contribution in [0.1, 0.15) is 43.4 Å². The number of rotatable bonds is 10. The Morgan fingerprint density at radius 2 is 1.03 bits per heavy atom. The van der Waals surface area contributed by atoms with E-state index >= 15 is 0 Å². The normalized spacial score (nSPS) is 13.6. The van der Waals surface area contributed by atoms with Gasteiger partial charge in [0.2, 0.25) is 0 Å². The van der Waals surface area contributed by atoms with E-state index in [1.165, 1.54) is 24.3 Å². The van der Waals surface area contributed by atoms with Gasteiger partial charge < -0.3 is 0 Å². The predicted molar refractivity (Wildman–Crippen MR) is 141 cm³/mol. The van der Waals surface area contributed by atoms with Crippen LogP contribution in [-0.4, -0.2) is 30.0 Å². The molecule has 0 amide bonds. The van der Waals surface area contributed by atoms with Gasteiger partial charge in [0.05, 0.1) is 23.0 Å². The molecule has 0 N–H and O–H groups in total. The molecule has 0 aromatic heterocycles. The van der Waals surface area contributed by atoms with E-state index in [2.05, 4.69) is 0 Å². The lowest BCUT2D eigenvalue weighted by molar-refractivity contribution is 0.116. The fourth-order valence-corrected chi connectivity index (χ4v) is 6.20. The summed E-state index contributed by atoms with van der Waals surface area (Å²) in [5.41, 5.74) is 2.46. The molecule has 0 heterocycles. The minimum absolute atomic E-state index is 0.0482. The summed E-state index contributed by atoms with van der Waals surface area (Å²) in [7, 11) is -8.10. The maximum Gasteiger partial charge on any atom is 0.296 e. The van der Waals surface area contributed by atoms with Gasteiger partial charge in [-0.1, -0.05) is 86.5 Å². The molecule has 8 heteroatoms. The first-order chi connectivity index (χ1) is 16.8. The molecule has 0 radical (unpaired) electrons. The summed E-state index contributed by atoms with van der Waals surface area (Å²) in [4.78, 5) is 0.0964. The predicted octanol–water partition coefficient (Wildman–Crippen LogP) is 5.86. The molecular formula is C28H34O6S2. The van der Waals surface area contributed by atoms with Gasteiger partial charge in [-0.3, -0.25) is 8.37 Å².